The van der Waals surface area contributed by atoms with Gasteiger partial charge < -0.3 is 15.1 Å². The number of anilines is 1. The minimum Gasteiger partial charge on any atom is -0.357 e. The van der Waals surface area contributed by atoms with E-state index in [1.165, 1.54) is 12.8 Å². The number of pyridine rings is 1. The van der Waals surface area contributed by atoms with Gasteiger partial charge >= 0.3 is 0 Å². The van der Waals surface area contributed by atoms with Crippen molar-refractivity contribution in [3.63, 3.8) is 0 Å². The van der Waals surface area contributed by atoms with Crippen LogP contribution >= 0.6 is 24.8 Å². The van der Waals surface area contributed by atoms with Crippen LogP contribution in [0.4, 0.5) is 5.82 Å². The summed E-state index contributed by atoms with van der Waals surface area (Å²) in [5.41, 5.74) is 0.694. The van der Waals surface area contributed by atoms with Gasteiger partial charge in [-0.3, -0.25) is 4.79 Å². The van der Waals surface area contributed by atoms with Crippen LogP contribution in [0.25, 0.3) is 0 Å². The molecule has 2 saturated heterocycles. The van der Waals surface area contributed by atoms with Gasteiger partial charge in [0.1, 0.15) is 5.82 Å². The van der Waals surface area contributed by atoms with E-state index in [1.54, 1.807) is 6.20 Å². The molecule has 0 radical (unpaired) electrons. The minimum absolute atomic E-state index is 0. The predicted octanol–water partition coefficient (Wildman–Crippen LogP) is 3.52. The molecule has 5 nitrogen and oxygen atoms in total. The van der Waals surface area contributed by atoms with E-state index in [-0.39, 0.29) is 30.7 Å². The van der Waals surface area contributed by atoms with Crippen LogP contribution in [0.1, 0.15) is 56.3 Å². The van der Waals surface area contributed by atoms with Crippen molar-refractivity contribution in [1.29, 1.82) is 0 Å². The number of halogens is 2. The molecule has 3 heterocycles. The van der Waals surface area contributed by atoms with Crippen molar-refractivity contribution < 1.29 is 4.79 Å². The molecular formula is C19H32Cl2N4O. The van der Waals surface area contributed by atoms with E-state index in [0.717, 1.165) is 38.2 Å². The summed E-state index contributed by atoms with van der Waals surface area (Å²) >= 11 is 0. The third-order valence-corrected chi connectivity index (χ3v) is 5.51. The summed E-state index contributed by atoms with van der Waals surface area (Å²) in [6, 6.07) is 5.44. The van der Waals surface area contributed by atoms with Gasteiger partial charge in [-0.25, -0.2) is 4.98 Å². The monoisotopic (exact) mass is 402 g/mol. The van der Waals surface area contributed by atoms with Gasteiger partial charge in [0.15, 0.2) is 0 Å². The number of amides is 1. The fraction of sp³-hybridized carbons (Fsp3) is 0.684. The first kappa shape index (κ1) is 23.0. The Bertz CT molecular complexity index is 557. The number of nitrogens with zero attached hydrogens (tertiary/aromatic N) is 3. The van der Waals surface area contributed by atoms with E-state index in [4.69, 9.17) is 0 Å². The SMILES string of the molecule is CCCN(CC)c1ccc(C(=O)N(C)C2CC3CCC(C2)N3)cn1.Cl.Cl. The lowest BCUT2D eigenvalue weighted by atomic mass is 9.98. The highest BCUT2D eigenvalue weighted by molar-refractivity contribution is 5.94. The van der Waals surface area contributed by atoms with Crippen molar-refractivity contribution in [2.24, 2.45) is 0 Å². The third kappa shape index (κ3) is 5.02. The van der Waals surface area contributed by atoms with Gasteiger partial charge in [0.05, 0.1) is 5.56 Å². The predicted molar refractivity (Wildman–Crippen MR) is 112 cm³/mol. The molecule has 1 amide bonds. The van der Waals surface area contributed by atoms with Crippen molar-refractivity contribution in [3.05, 3.63) is 23.9 Å². The molecule has 7 heteroatoms. The molecule has 2 bridgehead atoms. The molecular weight excluding hydrogens is 371 g/mol. The van der Waals surface area contributed by atoms with Crippen LogP contribution in [0.2, 0.25) is 0 Å². The molecule has 2 aliphatic rings. The van der Waals surface area contributed by atoms with Crippen LogP contribution in [0.5, 0.6) is 0 Å². The van der Waals surface area contributed by atoms with Crippen LogP contribution < -0.4 is 10.2 Å². The third-order valence-electron chi connectivity index (χ3n) is 5.51. The zero-order chi connectivity index (χ0) is 17.1. The van der Waals surface area contributed by atoms with Gasteiger partial charge in [0, 0.05) is 44.5 Å². The number of aromatic nitrogens is 1. The number of carbonyl (C=O) groups is 1. The lowest BCUT2D eigenvalue weighted by Gasteiger charge is -2.35. The van der Waals surface area contributed by atoms with Crippen molar-refractivity contribution in [2.75, 3.05) is 25.0 Å². The highest BCUT2D eigenvalue weighted by atomic mass is 35.5. The van der Waals surface area contributed by atoms with E-state index in [1.807, 2.05) is 24.1 Å². The number of hydrogen-bond donors (Lipinski definition) is 1. The molecule has 1 aromatic rings. The summed E-state index contributed by atoms with van der Waals surface area (Å²) in [5, 5.41) is 3.64. The Morgan fingerprint density at radius 2 is 1.85 bits per heavy atom. The summed E-state index contributed by atoms with van der Waals surface area (Å²) in [6.45, 7) is 6.23. The zero-order valence-electron chi connectivity index (χ0n) is 16.0. The average Bonchev–Trinajstić information content (AvgIpc) is 2.96. The van der Waals surface area contributed by atoms with Crippen LogP contribution in [0.3, 0.4) is 0 Å². The zero-order valence-corrected chi connectivity index (χ0v) is 17.6. The number of rotatable bonds is 6. The van der Waals surface area contributed by atoms with Gasteiger partial charge in [-0.2, -0.15) is 0 Å². The first-order valence-corrected chi connectivity index (χ1v) is 9.36. The van der Waals surface area contributed by atoms with Crippen LogP contribution in [0, 0.1) is 0 Å². The molecule has 2 fully saturated rings. The van der Waals surface area contributed by atoms with Crippen LogP contribution in [-0.4, -0.2) is 54.1 Å². The quantitative estimate of drug-likeness (QED) is 0.790. The molecule has 2 unspecified atom stereocenters. The van der Waals surface area contributed by atoms with Gasteiger partial charge in [-0.1, -0.05) is 6.92 Å². The maximum atomic E-state index is 12.8. The molecule has 2 atom stereocenters. The summed E-state index contributed by atoms with van der Waals surface area (Å²) in [7, 11) is 1.95. The first-order chi connectivity index (χ1) is 11.6. The number of hydrogen-bond acceptors (Lipinski definition) is 4. The molecule has 1 N–H and O–H groups in total. The summed E-state index contributed by atoms with van der Waals surface area (Å²) in [6.07, 6.45) is 7.49. The number of fused-ring (bicyclic) bond motifs is 2. The fourth-order valence-corrected chi connectivity index (χ4v) is 4.12. The number of nitrogens with one attached hydrogen (secondary N) is 1. The van der Waals surface area contributed by atoms with Crippen molar-refractivity contribution in [3.8, 4) is 0 Å². The molecule has 2 aliphatic heterocycles. The van der Waals surface area contributed by atoms with Crippen molar-refractivity contribution in [2.45, 2.75) is 64.1 Å². The van der Waals surface area contributed by atoms with Crippen molar-refractivity contribution >= 4 is 36.5 Å². The van der Waals surface area contributed by atoms with E-state index in [2.05, 4.69) is 29.0 Å². The molecule has 148 valence electrons. The lowest BCUT2D eigenvalue weighted by molar-refractivity contribution is 0.0681. The summed E-state index contributed by atoms with van der Waals surface area (Å²) in [4.78, 5) is 21.5. The largest absolute Gasteiger partial charge is 0.357 e. The summed E-state index contributed by atoms with van der Waals surface area (Å²) < 4.78 is 0. The first-order valence-electron chi connectivity index (χ1n) is 9.36. The lowest BCUT2D eigenvalue weighted by Crippen LogP contribution is -2.48. The Kier molecular flexibility index (Phi) is 9.14. The second kappa shape index (κ2) is 10.3. The number of carbonyl (C=O) groups excluding carboxylic acids is 1. The Labute approximate surface area is 169 Å². The molecule has 3 rings (SSSR count). The van der Waals surface area contributed by atoms with E-state index >= 15 is 0 Å². The maximum Gasteiger partial charge on any atom is 0.255 e. The van der Waals surface area contributed by atoms with E-state index < -0.39 is 0 Å². The second-order valence-electron chi connectivity index (χ2n) is 7.16. The normalized spacial score (nSPS) is 23.6. The molecule has 0 aliphatic carbocycles. The highest BCUT2D eigenvalue weighted by Gasteiger charge is 2.36. The molecule has 26 heavy (non-hydrogen) atoms. The van der Waals surface area contributed by atoms with Gasteiger partial charge in [-0.05, 0) is 51.2 Å². The average molecular weight is 403 g/mol. The van der Waals surface area contributed by atoms with Gasteiger partial charge in [0.2, 0.25) is 0 Å². The fourth-order valence-electron chi connectivity index (χ4n) is 4.12. The minimum atomic E-state index is 0. The molecule has 0 spiro atoms. The Balaban J connectivity index is 0.00000169. The van der Waals surface area contributed by atoms with Crippen molar-refractivity contribution in [1.82, 2.24) is 15.2 Å². The Morgan fingerprint density at radius 3 is 2.35 bits per heavy atom. The standard InChI is InChI=1S/C19H30N4O.2ClH/c1-4-10-23(5-2)18-9-6-14(13-20-18)19(24)22(3)17-11-15-7-8-16(12-17)21-15;;/h6,9,13,15-17,21H,4-5,7-8,10-12H2,1-3H3;2*1H. The number of piperidine rings is 1. The Hall–Kier alpha value is -1.04. The van der Waals surface area contributed by atoms with Crippen LogP contribution in [-0.2, 0) is 0 Å². The molecule has 0 aromatic carbocycles. The Morgan fingerprint density at radius 1 is 1.19 bits per heavy atom. The molecule has 1 aromatic heterocycles. The topological polar surface area (TPSA) is 48.5 Å². The second-order valence-corrected chi connectivity index (χ2v) is 7.16. The highest BCUT2D eigenvalue weighted by Crippen LogP contribution is 2.29. The van der Waals surface area contributed by atoms with Gasteiger partial charge in [-0.15, -0.1) is 24.8 Å². The van der Waals surface area contributed by atoms with E-state index in [0.29, 0.717) is 23.7 Å². The summed E-state index contributed by atoms with van der Waals surface area (Å²) in [5.74, 6) is 1.05. The van der Waals surface area contributed by atoms with Crippen LogP contribution in [0.15, 0.2) is 18.3 Å². The smallest absolute Gasteiger partial charge is 0.255 e. The molecule has 0 saturated carbocycles. The van der Waals surface area contributed by atoms with Gasteiger partial charge in [0.25, 0.3) is 5.91 Å². The maximum absolute atomic E-state index is 12.8. The van der Waals surface area contributed by atoms with E-state index in [9.17, 15) is 4.79 Å².